The first kappa shape index (κ1) is 29.7. The van der Waals surface area contributed by atoms with E-state index in [1.807, 2.05) is 66.7 Å². The predicted molar refractivity (Wildman–Crippen MR) is 179 cm³/mol. The van der Waals surface area contributed by atoms with Gasteiger partial charge in [0.2, 0.25) is 5.91 Å². The Morgan fingerprint density at radius 2 is 1.56 bits per heavy atom. The van der Waals surface area contributed by atoms with Gasteiger partial charge < -0.3 is 19.4 Å². The van der Waals surface area contributed by atoms with Crippen molar-refractivity contribution in [3.05, 3.63) is 162 Å². The summed E-state index contributed by atoms with van der Waals surface area (Å²) >= 11 is 0. The van der Waals surface area contributed by atoms with Gasteiger partial charge in [-0.2, -0.15) is 0 Å². The van der Waals surface area contributed by atoms with Crippen LogP contribution in [-0.2, 0) is 24.4 Å². The van der Waals surface area contributed by atoms with Gasteiger partial charge in [-0.3, -0.25) is 9.78 Å². The summed E-state index contributed by atoms with van der Waals surface area (Å²) in [5.41, 5.74) is 6.47. The number of ether oxygens (including phenoxy) is 2. The van der Waals surface area contributed by atoms with Gasteiger partial charge in [0.1, 0.15) is 6.61 Å². The molecule has 0 aliphatic heterocycles. The predicted octanol–water partition coefficient (Wildman–Crippen LogP) is 7.55. The number of fused-ring (bicyclic) bond motifs is 1. The number of benzene rings is 4. The molecule has 2 heterocycles. The molecule has 0 saturated heterocycles. The van der Waals surface area contributed by atoms with E-state index in [4.69, 9.17) is 9.47 Å². The van der Waals surface area contributed by atoms with E-state index in [-0.39, 0.29) is 18.2 Å². The third kappa shape index (κ3) is 7.42. The Kier molecular flexibility index (Phi) is 9.51. The number of hydrogen-bond donors (Lipinski definition) is 1. The van der Waals surface area contributed by atoms with Crippen LogP contribution >= 0.6 is 0 Å². The zero-order valence-electron chi connectivity index (χ0n) is 25.4. The topological polar surface area (TPSA) is 65.4 Å². The summed E-state index contributed by atoms with van der Waals surface area (Å²) in [6.45, 7) is 1.69. The Morgan fingerprint density at radius 3 is 2.31 bits per heavy atom. The summed E-state index contributed by atoms with van der Waals surface area (Å²) in [7, 11) is 1.65. The van der Waals surface area contributed by atoms with Crippen LogP contribution in [0.25, 0.3) is 10.9 Å². The molecule has 0 fully saturated rings. The molecule has 0 spiro atoms. The van der Waals surface area contributed by atoms with Crippen molar-refractivity contribution in [2.45, 2.75) is 31.9 Å². The van der Waals surface area contributed by atoms with Crippen molar-refractivity contribution < 1.29 is 14.3 Å². The lowest BCUT2D eigenvalue weighted by atomic mass is 9.87. The van der Waals surface area contributed by atoms with E-state index < -0.39 is 0 Å². The van der Waals surface area contributed by atoms with Gasteiger partial charge in [0.25, 0.3) is 0 Å². The second-order valence-electron chi connectivity index (χ2n) is 11.1. The molecule has 0 bridgehead atoms. The number of para-hydroxylation sites is 1. The summed E-state index contributed by atoms with van der Waals surface area (Å²) in [5.74, 6) is 1.07. The highest BCUT2D eigenvalue weighted by Crippen LogP contribution is 2.39. The summed E-state index contributed by atoms with van der Waals surface area (Å²) in [4.78, 5) is 17.9. The summed E-state index contributed by atoms with van der Waals surface area (Å²) < 4.78 is 14.2. The highest BCUT2D eigenvalue weighted by Gasteiger charge is 2.24. The zero-order chi connectivity index (χ0) is 30.8. The molecule has 0 radical (unpaired) electrons. The van der Waals surface area contributed by atoms with E-state index in [0.29, 0.717) is 31.1 Å². The first-order chi connectivity index (χ1) is 22.2. The molecule has 4 aromatic carbocycles. The van der Waals surface area contributed by atoms with Crippen LogP contribution in [0.15, 0.2) is 134 Å². The highest BCUT2D eigenvalue weighted by atomic mass is 16.5. The number of nitrogens with one attached hydrogen (secondary N) is 1. The van der Waals surface area contributed by atoms with E-state index in [1.165, 1.54) is 5.56 Å². The van der Waals surface area contributed by atoms with Gasteiger partial charge in [0, 0.05) is 60.8 Å². The largest absolute Gasteiger partial charge is 0.493 e. The van der Waals surface area contributed by atoms with Gasteiger partial charge in [0.15, 0.2) is 11.5 Å². The monoisotopic (exact) mass is 595 g/mol. The maximum atomic E-state index is 13.5. The first-order valence-electron chi connectivity index (χ1n) is 15.3. The van der Waals surface area contributed by atoms with Crippen LogP contribution < -0.4 is 14.8 Å². The number of rotatable bonds is 13. The fourth-order valence-corrected chi connectivity index (χ4v) is 5.76. The fraction of sp³-hybridized carbons (Fsp3) is 0.179. The van der Waals surface area contributed by atoms with E-state index in [1.54, 1.807) is 13.3 Å². The van der Waals surface area contributed by atoms with E-state index >= 15 is 0 Å². The minimum atomic E-state index is -0.209. The number of amides is 1. The van der Waals surface area contributed by atoms with Crippen LogP contribution in [0.3, 0.4) is 0 Å². The van der Waals surface area contributed by atoms with Crippen LogP contribution in [0, 0.1) is 0 Å². The second-order valence-corrected chi connectivity index (χ2v) is 11.1. The molecule has 0 aliphatic rings. The fourth-order valence-electron chi connectivity index (χ4n) is 5.76. The molecule has 1 atom stereocenters. The average molecular weight is 596 g/mol. The zero-order valence-corrected chi connectivity index (χ0v) is 25.4. The van der Waals surface area contributed by atoms with Crippen molar-refractivity contribution in [2.75, 3.05) is 13.7 Å². The number of carbonyl (C=O) groups is 1. The quantitative estimate of drug-likeness (QED) is 0.150. The third-order valence-corrected chi connectivity index (χ3v) is 8.04. The van der Waals surface area contributed by atoms with Crippen LogP contribution in [0.4, 0.5) is 0 Å². The molecule has 6 heteroatoms. The lowest BCUT2D eigenvalue weighted by Crippen LogP contribution is -2.27. The SMILES string of the molecule is COc1cc(C(CC(=O)NCCc2ccccn2)c2cn(Cc3ccccc3)c3ccccc23)ccc1OCc1ccccc1. The minimum absolute atomic E-state index is 0.0146. The summed E-state index contributed by atoms with van der Waals surface area (Å²) in [6.07, 6.45) is 4.94. The Bertz CT molecular complexity index is 1840. The molecule has 6 aromatic rings. The number of pyridine rings is 1. The smallest absolute Gasteiger partial charge is 0.220 e. The molecule has 6 nitrogen and oxygen atoms in total. The molecular weight excluding hydrogens is 558 g/mol. The van der Waals surface area contributed by atoms with Crippen molar-refractivity contribution in [1.82, 2.24) is 14.9 Å². The summed E-state index contributed by atoms with van der Waals surface area (Å²) in [6, 6.07) is 40.8. The Balaban J connectivity index is 1.31. The standard InChI is InChI=1S/C39H37N3O3/c1-44-38-24-31(19-20-37(38)45-28-30-14-6-3-7-15-30)34(25-39(43)41-23-21-32-16-10-11-22-40-32)35-27-42(26-29-12-4-2-5-13-29)36-18-9-8-17-33(35)36/h2-20,22,24,27,34H,21,23,25-26,28H2,1H3,(H,41,43). The number of aromatic nitrogens is 2. The van der Waals surface area contributed by atoms with Crippen LogP contribution in [-0.4, -0.2) is 29.1 Å². The van der Waals surface area contributed by atoms with Crippen molar-refractivity contribution >= 4 is 16.8 Å². The first-order valence-corrected chi connectivity index (χ1v) is 15.3. The number of nitrogens with zero attached hydrogens (tertiary/aromatic N) is 2. The van der Waals surface area contributed by atoms with Crippen molar-refractivity contribution in [3.8, 4) is 11.5 Å². The minimum Gasteiger partial charge on any atom is -0.493 e. The molecule has 1 unspecified atom stereocenters. The van der Waals surface area contributed by atoms with Crippen molar-refractivity contribution in [1.29, 1.82) is 0 Å². The van der Waals surface area contributed by atoms with Gasteiger partial charge in [-0.25, -0.2) is 0 Å². The molecule has 0 aliphatic carbocycles. The Morgan fingerprint density at radius 1 is 0.822 bits per heavy atom. The number of methoxy groups -OCH3 is 1. The van der Waals surface area contributed by atoms with E-state index in [0.717, 1.165) is 39.8 Å². The second kappa shape index (κ2) is 14.4. The Hall–Kier alpha value is -5.36. The lowest BCUT2D eigenvalue weighted by molar-refractivity contribution is -0.121. The molecule has 226 valence electrons. The molecule has 1 N–H and O–H groups in total. The van der Waals surface area contributed by atoms with Crippen molar-refractivity contribution in [2.24, 2.45) is 0 Å². The lowest BCUT2D eigenvalue weighted by Gasteiger charge is -2.19. The van der Waals surface area contributed by atoms with E-state index in [2.05, 4.69) is 75.7 Å². The van der Waals surface area contributed by atoms with Gasteiger partial charge in [-0.1, -0.05) is 91.0 Å². The molecule has 2 aromatic heterocycles. The van der Waals surface area contributed by atoms with Gasteiger partial charge >= 0.3 is 0 Å². The van der Waals surface area contributed by atoms with Crippen LogP contribution in [0.1, 0.15) is 40.3 Å². The molecule has 45 heavy (non-hydrogen) atoms. The van der Waals surface area contributed by atoms with Crippen molar-refractivity contribution in [3.63, 3.8) is 0 Å². The van der Waals surface area contributed by atoms with E-state index in [9.17, 15) is 4.79 Å². The average Bonchev–Trinajstić information content (AvgIpc) is 3.45. The van der Waals surface area contributed by atoms with Crippen LogP contribution in [0.2, 0.25) is 0 Å². The normalized spacial score (nSPS) is 11.7. The van der Waals surface area contributed by atoms with Gasteiger partial charge in [-0.05, 0) is 52.6 Å². The number of hydrogen-bond acceptors (Lipinski definition) is 4. The molecule has 0 saturated carbocycles. The number of carbonyl (C=O) groups excluding carboxylic acids is 1. The highest BCUT2D eigenvalue weighted by molar-refractivity contribution is 5.87. The van der Waals surface area contributed by atoms with Crippen LogP contribution in [0.5, 0.6) is 11.5 Å². The maximum absolute atomic E-state index is 13.5. The summed E-state index contributed by atoms with van der Waals surface area (Å²) in [5, 5.41) is 4.26. The third-order valence-electron chi connectivity index (χ3n) is 8.04. The molecule has 1 amide bonds. The molecular formula is C39H37N3O3. The van der Waals surface area contributed by atoms with Gasteiger partial charge in [-0.15, -0.1) is 0 Å². The maximum Gasteiger partial charge on any atom is 0.220 e. The van der Waals surface area contributed by atoms with Gasteiger partial charge in [0.05, 0.1) is 7.11 Å². The Labute approximate surface area is 264 Å². The molecule has 6 rings (SSSR count).